The van der Waals surface area contributed by atoms with Gasteiger partial charge in [-0.05, 0) is 74.0 Å². The number of carbonyl (C=O) groups is 1. The average Bonchev–Trinajstić information content (AvgIpc) is 3.56. The van der Waals surface area contributed by atoms with E-state index in [1.54, 1.807) is 12.1 Å². The van der Waals surface area contributed by atoms with E-state index in [1.807, 2.05) is 32.1 Å². The van der Waals surface area contributed by atoms with Gasteiger partial charge in [0.2, 0.25) is 0 Å². The van der Waals surface area contributed by atoms with Crippen LogP contribution in [0.5, 0.6) is 5.75 Å². The van der Waals surface area contributed by atoms with Gasteiger partial charge in [-0.3, -0.25) is 4.79 Å². The summed E-state index contributed by atoms with van der Waals surface area (Å²) in [6.07, 6.45) is 9.74. The molecule has 0 spiro atoms. The van der Waals surface area contributed by atoms with Crippen molar-refractivity contribution in [3.63, 3.8) is 0 Å². The standard InChI is InChI=1S/C34H41NO7/c1-3-4-8-24(2)30(36)20-18-27-19-21-31-33(27)29-12-5-10-28(34(29)42-31)11-6-13-32(37)40-22-7-9-25-14-16-26(17-15-25)23-41-35(38)39/h5,10,12,14-18,20,24,27,30-31,33,36H,6-9,11,13,19,21-23H2,1-2H3/b20-18+. The van der Waals surface area contributed by atoms with Gasteiger partial charge in [0.25, 0.3) is 5.09 Å². The molecule has 8 heteroatoms. The van der Waals surface area contributed by atoms with E-state index in [0.29, 0.717) is 44.1 Å². The Morgan fingerprint density at radius 2 is 1.95 bits per heavy atom. The minimum atomic E-state index is -0.803. The van der Waals surface area contributed by atoms with Gasteiger partial charge in [0, 0.05) is 24.3 Å². The van der Waals surface area contributed by atoms with E-state index in [0.717, 1.165) is 48.1 Å². The molecule has 0 radical (unpaired) electrons. The van der Waals surface area contributed by atoms with Crippen molar-refractivity contribution in [1.29, 1.82) is 0 Å². The number of aliphatic hydroxyl groups is 1. The molecule has 4 rings (SSSR count). The van der Waals surface area contributed by atoms with Gasteiger partial charge in [-0.1, -0.05) is 61.5 Å². The van der Waals surface area contributed by atoms with E-state index in [2.05, 4.69) is 41.0 Å². The lowest BCUT2D eigenvalue weighted by Crippen LogP contribution is -2.17. The van der Waals surface area contributed by atoms with Crippen LogP contribution < -0.4 is 4.74 Å². The highest BCUT2D eigenvalue weighted by Crippen LogP contribution is 2.52. The molecule has 1 aliphatic heterocycles. The maximum atomic E-state index is 12.3. The molecule has 224 valence electrons. The Balaban J connectivity index is 1.20. The molecule has 2 aromatic carbocycles. The Morgan fingerprint density at radius 3 is 2.71 bits per heavy atom. The number of fused-ring (bicyclic) bond motifs is 3. The lowest BCUT2D eigenvalue weighted by atomic mass is 9.86. The maximum absolute atomic E-state index is 12.3. The van der Waals surface area contributed by atoms with Gasteiger partial charge in [-0.25, -0.2) is 0 Å². The maximum Gasteiger partial charge on any atom is 0.305 e. The van der Waals surface area contributed by atoms with E-state index < -0.39 is 11.2 Å². The van der Waals surface area contributed by atoms with E-state index in [4.69, 9.17) is 9.47 Å². The molecule has 42 heavy (non-hydrogen) atoms. The smallest absolute Gasteiger partial charge is 0.305 e. The molecule has 2 aliphatic rings. The fourth-order valence-electron chi connectivity index (χ4n) is 5.85. The number of hydrogen-bond acceptors (Lipinski definition) is 7. The number of para-hydroxylation sites is 1. The normalized spacial score (nSPS) is 20.1. The Morgan fingerprint density at radius 1 is 1.17 bits per heavy atom. The summed E-state index contributed by atoms with van der Waals surface area (Å²) in [7, 11) is 0. The molecular weight excluding hydrogens is 534 g/mol. The number of carbonyl (C=O) groups excluding carboxylic acids is 1. The predicted octanol–water partition coefficient (Wildman–Crippen LogP) is 6.11. The molecule has 0 aromatic heterocycles. The third kappa shape index (κ3) is 8.59. The molecule has 5 unspecified atom stereocenters. The number of ether oxygens (including phenoxy) is 2. The summed E-state index contributed by atoms with van der Waals surface area (Å²) in [6, 6.07) is 13.7. The summed E-state index contributed by atoms with van der Waals surface area (Å²) in [5.74, 6) is 7.45. The molecule has 1 aliphatic carbocycles. The summed E-state index contributed by atoms with van der Waals surface area (Å²) in [5, 5.41) is 20.0. The zero-order valence-corrected chi connectivity index (χ0v) is 24.5. The van der Waals surface area contributed by atoms with E-state index in [9.17, 15) is 20.0 Å². The Labute approximate surface area is 248 Å². The molecule has 0 amide bonds. The first kappa shape index (κ1) is 31.1. The first-order chi connectivity index (χ1) is 20.4. The lowest BCUT2D eigenvalue weighted by molar-refractivity contribution is -0.763. The van der Waals surface area contributed by atoms with Crippen LogP contribution in [0.2, 0.25) is 0 Å². The number of rotatable bonds is 15. The van der Waals surface area contributed by atoms with Gasteiger partial charge in [-0.2, -0.15) is 0 Å². The third-order valence-corrected chi connectivity index (χ3v) is 8.20. The largest absolute Gasteiger partial charge is 0.489 e. The summed E-state index contributed by atoms with van der Waals surface area (Å²) < 4.78 is 11.9. The zero-order chi connectivity index (χ0) is 29.9. The monoisotopic (exact) mass is 575 g/mol. The van der Waals surface area contributed by atoms with Crippen LogP contribution >= 0.6 is 0 Å². The molecule has 5 atom stereocenters. The second-order valence-corrected chi connectivity index (χ2v) is 11.2. The van der Waals surface area contributed by atoms with Gasteiger partial charge < -0.3 is 19.4 Å². The molecule has 1 heterocycles. The fraction of sp³-hybridized carbons (Fsp3) is 0.500. The summed E-state index contributed by atoms with van der Waals surface area (Å²) >= 11 is 0. The predicted molar refractivity (Wildman–Crippen MR) is 159 cm³/mol. The van der Waals surface area contributed by atoms with Crippen molar-refractivity contribution in [3.8, 4) is 17.6 Å². The van der Waals surface area contributed by atoms with E-state index >= 15 is 0 Å². The zero-order valence-electron chi connectivity index (χ0n) is 24.5. The van der Waals surface area contributed by atoms with Gasteiger partial charge >= 0.3 is 5.97 Å². The second kappa shape index (κ2) is 15.4. The molecule has 1 N–H and O–H groups in total. The highest BCUT2D eigenvalue weighted by atomic mass is 16.9. The summed E-state index contributed by atoms with van der Waals surface area (Å²) in [5.41, 5.74) is 4.18. The molecule has 8 nitrogen and oxygen atoms in total. The number of aryl methyl sites for hydroxylation is 2. The van der Waals surface area contributed by atoms with Crippen LogP contribution in [0.4, 0.5) is 0 Å². The van der Waals surface area contributed by atoms with Gasteiger partial charge in [0.05, 0.1) is 12.7 Å². The van der Waals surface area contributed by atoms with Crippen LogP contribution in [0.15, 0.2) is 54.6 Å². The van der Waals surface area contributed by atoms with Gasteiger partial charge in [0.1, 0.15) is 18.5 Å². The number of hydrogen-bond donors (Lipinski definition) is 1. The van der Waals surface area contributed by atoms with Crippen LogP contribution in [0.1, 0.15) is 80.5 Å². The molecular formula is C34H41NO7. The van der Waals surface area contributed by atoms with Gasteiger partial charge in [-0.15, -0.1) is 22.0 Å². The molecule has 0 bridgehead atoms. The van der Waals surface area contributed by atoms with Crippen molar-refractivity contribution in [2.24, 2.45) is 11.8 Å². The first-order valence-corrected chi connectivity index (χ1v) is 14.9. The number of benzene rings is 2. The Kier molecular flexibility index (Phi) is 11.4. The number of esters is 1. The first-order valence-electron chi connectivity index (χ1n) is 14.9. The highest BCUT2D eigenvalue weighted by molar-refractivity contribution is 5.69. The molecule has 0 saturated heterocycles. The van der Waals surface area contributed by atoms with Crippen LogP contribution in [0.3, 0.4) is 0 Å². The van der Waals surface area contributed by atoms with Crippen LogP contribution in [0.25, 0.3) is 0 Å². The minimum absolute atomic E-state index is 0.0673. The van der Waals surface area contributed by atoms with Crippen molar-refractivity contribution in [3.05, 3.63) is 87.0 Å². The summed E-state index contributed by atoms with van der Waals surface area (Å²) in [4.78, 5) is 27.0. The van der Waals surface area contributed by atoms with Gasteiger partial charge in [0.15, 0.2) is 0 Å². The highest BCUT2D eigenvalue weighted by Gasteiger charge is 2.44. The van der Waals surface area contributed by atoms with Crippen LogP contribution in [0, 0.1) is 33.8 Å². The Hall–Kier alpha value is -3.83. The van der Waals surface area contributed by atoms with Crippen molar-refractivity contribution in [1.82, 2.24) is 0 Å². The third-order valence-electron chi connectivity index (χ3n) is 8.20. The SMILES string of the molecule is CC#CCC(C)C(O)/C=C/C1CCC2Oc3c(CCCC(=O)OCCCc4ccc(CO[N+](=O)[O-])cc4)cccc3C12. The van der Waals surface area contributed by atoms with E-state index in [-0.39, 0.29) is 24.6 Å². The fourth-order valence-corrected chi connectivity index (χ4v) is 5.85. The van der Waals surface area contributed by atoms with Crippen LogP contribution in [-0.4, -0.2) is 35.0 Å². The minimum Gasteiger partial charge on any atom is -0.489 e. The lowest BCUT2D eigenvalue weighted by Gasteiger charge is -2.17. The van der Waals surface area contributed by atoms with Crippen molar-refractivity contribution in [2.45, 2.75) is 89.9 Å². The number of aliphatic hydroxyl groups excluding tert-OH is 1. The molecule has 1 saturated carbocycles. The average molecular weight is 576 g/mol. The Bertz CT molecular complexity index is 1290. The summed E-state index contributed by atoms with van der Waals surface area (Å²) in [6.45, 7) is 4.13. The van der Waals surface area contributed by atoms with Crippen molar-refractivity contribution >= 4 is 5.97 Å². The van der Waals surface area contributed by atoms with Crippen molar-refractivity contribution < 1.29 is 29.3 Å². The number of nitrogens with zero attached hydrogens (tertiary/aromatic N) is 1. The topological polar surface area (TPSA) is 108 Å². The molecule has 1 fully saturated rings. The van der Waals surface area contributed by atoms with E-state index in [1.165, 1.54) is 5.56 Å². The second-order valence-electron chi connectivity index (χ2n) is 11.2. The van der Waals surface area contributed by atoms with Crippen LogP contribution in [-0.2, 0) is 33.8 Å². The van der Waals surface area contributed by atoms with Crippen molar-refractivity contribution in [2.75, 3.05) is 6.61 Å². The number of allylic oxidation sites excluding steroid dienone is 1. The quantitative estimate of drug-likeness (QED) is 0.0681. The molecule has 2 aromatic rings.